The van der Waals surface area contributed by atoms with Crippen molar-refractivity contribution < 1.29 is 17.9 Å². The number of carbonyl (C=O) groups excluding carboxylic acids is 1. The molecule has 0 bridgehead atoms. The van der Waals surface area contributed by atoms with Crippen LogP contribution in [-0.4, -0.2) is 39.4 Å². The molecule has 31 heavy (non-hydrogen) atoms. The molecule has 0 fully saturated rings. The van der Waals surface area contributed by atoms with E-state index in [4.69, 9.17) is 4.74 Å². The molecular formula is C23H29N3O4S. The number of sulfonamides is 1. The quantitative estimate of drug-likeness (QED) is 0.613. The predicted molar refractivity (Wildman–Crippen MR) is 121 cm³/mol. The molecule has 2 atom stereocenters. The minimum absolute atomic E-state index is 0.0647. The third-order valence-electron chi connectivity index (χ3n) is 5.25. The maximum absolute atomic E-state index is 12.9. The zero-order chi connectivity index (χ0) is 22.6. The molecule has 2 aromatic rings. The first-order valence-corrected chi connectivity index (χ1v) is 11.9. The molecule has 8 heteroatoms. The number of carbonyl (C=O) groups is 1. The second-order valence-corrected chi connectivity index (χ2v) is 9.52. The Morgan fingerprint density at radius 1 is 1.16 bits per heavy atom. The average molecular weight is 444 g/mol. The van der Waals surface area contributed by atoms with Crippen LogP contribution in [0.25, 0.3) is 0 Å². The monoisotopic (exact) mass is 443 g/mol. The first-order valence-electron chi connectivity index (χ1n) is 10.4. The van der Waals surface area contributed by atoms with Crippen LogP contribution >= 0.6 is 0 Å². The molecule has 0 saturated heterocycles. The van der Waals surface area contributed by atoms with Crippen LogP contribution in [0.15, 0.2) is 52.4 Å². The molecule has 0 aliphatic carbocycles. The van der Waals surface area contributed by atoms with E-state index in [0.29, 0.717) is 18.7 Å². The van der Waals surface area contributed by atoms with Gasteiger partial charge in [-0.1, -0.05) is 38.5 Å². The van der Waals surface area contributed by atoms with Gasteiger partial charge >= 0.3 is 0 Å². The number of aryl methyl sites for hydroxylation is 2. The number of hydrogen-bond donors (Lipinski definition) is 2. The number of rotatable bonds is 8. The first kappa shape index (κ1) is 22.8. The summed E-state index contributed by atoms with van der Waals surface area (Å²) in [7, 11) is -3.65. The third kappa shape index (κ3) is 5.44. The molecule has 3 rings (SSSR count). The minimum atomic E-state index is -3.65. The van der Waals surface area contributed by atoms with E-state index in [0.717, 1.165) is 23.3 Å². The van der Waals surface area contributed by atoms with Gasteiger partial charge in [-0.15, -0.1) is 0 Å². The summed E-state index contributed by atoms with van der Waals surface area (Å²) in [5.41, 5.74) is 2.72. The van der Waals surface area contributed by atoms with Crippen LogP contribution in [0.1, 0.15) is 37.0 Å². The Morgan fingerprint density at radius 3 is 2.52 bits per heavy atom. The molecular weight excluding hydrogens is 414 g/mol. The Bertz CT molecular complexity index is 1080. The molecule has 1 aliphatic rings. The van der Waals surface area contributed by atoms with Crippen molar-refractivity contribution in [3.05, 3.63) is 59.2 Å². The van der Waals surface area contributed by atoms with Crippen LogP contribution in [-0.2, 0) is 14.8 Å². The van der Waals surface area contributed by atoms with E-state index in [1.165, 1.54) is 6.07 Å². The summed E-state index contributed by atoms with van der Waals surface area (Å²) in [5.74, 6) is 0.657. The molecule has 0 saturated carbocycles. The number of fused-ring (bicyclic) bond motifs is 1. The molecule has 0 radical (unpaired) electrons. The summed E-state index contributed by atoms with van der Waals surface area (Å²) in [6.07, 6.45) is 0.725. The fourth-order valence-corrected chi connectivity index (χ4v) is 4.74. The highest BCUT2D eigenvalue weighted by atomic mass is 32.2. The number of aliphatic imine (C=N–C) groups is 1. The number of nitrogens with one attached hydrogen (secondary N) is 2. The Balaban J connectivity index is 1.68. The summed E-state index contributed by atoms with van der Waals surface area (Å²) in [6.45, 7) is 8.57. The lowest BCUT2D eigenvalue weighted by Crippen LogP contribution is -2.40. The van der Waals surface area contributed by atoms with Gasteiger partial charge in [0, 0.05) is 5.56 Å². The zero-order valence-corrected chi connectivity index (χ0v) is 19.1. The van der Waals surface area contributed by atoms with E-state index in [9.17, 15) is 13.2 Å². The van der Waals surface area contributed by atoms with Crippen molar-refractivity contribution in [2.24, 2.45) is 10.9 Å². The standard InChI is InChI=1S/C23H29N3O4S/c1-5-17(4)21(25-22-19-8-6-7-9-20(19)31(28,29)26-22)23(27)24-10-11-30-18-13-15(2)12-16(3)14-18/h6-9,12-14,17,21H,5,10-11H2,1-4H3,(H,24,27)(H,25,26)/t17-,21-/m0/s1. The lowest BCUT2D eigenvalue weighted by atomic mass is 9.98. The van der Waals surface area contributed by atoms with Crippen molar-refractivity contribution in [3.8, 4) is 5.75 Å². The fraction of sp³-hybridized carbons (Fsp3) is 0.391. The predicted octanol–water partition coefficient (Wildman–Crippen LogP) is 2.95. The number of ether oxygens (including phenoxy) is 1. The highest BCUT2D eigenvalue weighted by Gasteiger charge is 2.33. The SMILES string of the molecule is CC[C@H](C)[C@H](N=C1NS(=O)(=O)c2ccccc21)C(=O)NCCOc1cc(C)cc(C)c1. The van der Waals surface area contributed by atoms with E-state index in [1.807, 2.05) is 39.8 Å². The van der Waals surface area contributed by atoms with Gasteiger partial charge in [-0.2, -0.15) is 0 Å². The van der Waals surface area contributed by atoms with E-state index in [2.05, 4.69) is 21.1 Å². The zero-order valence-electron chi connectivity index (χ0n) is 18.3. The largest absolute Gasteiger partial charge is 0.492 e. The van der Waals surface area contributed by atoms with Gasteiger partial charge in [0.1, 0.15) is 24.2 Å². The van der Waals surface area contributed by atoms with Gasteiger partial charge in [-0.3, -0.25) is 14.5 Å². The van der Waals surface area contributed by atoms with E-state index >= 15 is 0 Å². The van der Waals surface area contributed by atoms with Crippen LogP contribution < -0.4 is 14.8 Å². The summed E-state index contributed by atoms with van der Waals surface area (Å²) >= 11 is 0. The number of amides is 1. The van der Waals surface area contributed by atoms with E-state index in [-0.39, 0.29) is 22.6 Å². The molecule has 0 unspecified atom stereocenters. The fourth-order valence-electron chi connectivity index (χ4n) is 3.50. The smallest absolute Gasteiger partial charge is 0.263 e. The normalized spacial score (nSPS) is 17.5. The lowest BCUT2D eigenvalue weighted by molar-refractivity contribution is -0.123. The van der Waals surface area contributed by atoms with Crippen LogP contribution in [0, 0.1) is 19.8 Å². The van der Waals surface area contributed by atoms with E-state index < -0.39 is 16.1 Å². The number of hydrogen-bond acceptors (Lipinski definition) is 5. The summed E-state index contributed by atoms with van der Waals surface area (Å²) < 4.78 is 32.9. The number of nitrogens with zero attached hydrogens (tertiary/aromatic N) is 1. The summed E-state index contributed by atoms with van der Waals surface area (Å²) in [5, 5.41) is 2.87. The molecule has 2 N–H and O–H groups in total. The van der Waals surface area contributed by atoms with Gasteiger partial charge in [0.05, 0.1) is 11.4 Å². The van der Waals surface area contributed by atoms with Crippen molar-refractivity contribution in [2.45, 2.75) is 45.1 Å². The average Bonchev–Trinajstić information content (AvgIpc) is 2.98. The Hall–Kier alpha value is -2.87. The molecule has 0 spiro atoms. The minimum Gasteiger partial charge on any atom is -0.492 e. The van der Waals surface area contributed by atoms with Crippen molar-refractivity contribution in [3.63, 3.8) is 0 Å². The Morgan fingerprint density at radius 2 is 1.84 bits per heavy atom. The van der Waals surface area contributed by atoms with Crippen LogP contribution in [0.5, 0.6) is 5.75 Å². The third-order valence-corrected chi connectivity index (χ3v) is 6.64. The molecule has 2 aromatic carbocycles. The molecule has 1 aliphatic heterocycles. The molecule has 0 aromatic heterocycles. The van der Waals surface area contributed by atoms with E-state index in [1.54, 1.807) is 18.2 Å². The van der Waals surface area contributed by atoms with Crippen LogP contribution in [0.3, 0.4) is 0 Å². The number of benzene rings is 2. The van der Waals surface area contributed by atoms with Gasteiger partial charge in [0.15, 0.2) is 0 Å². The van der Waals surface area contributed by atoms with Gasteiger partial charge in [-0.25, -0.2) is 8.42 Å². The van der Waals surface area contributed by atoms with Crippen LogP contribution in [0.4, 0.5) is 0 Å². The second-order valence-electron chi connectivity index (χ2n) is 7.87. The van der Waals surface area contributed by atoms with Crippen molar-refractivity contribution in [1.29, 1.82) is 0 Å². The van der Waals surface area contributed by atoms with Gasteiger partial charge < -0.3 is 10.1 Å². The topological polar surface area (TPSA) is 96.9 Å². The highest BCUT2D eigenvalue weighted by Crippen LogP contribution is 2.24. The van der Waals surface area contributed by atoms with Crippen molar-refractivity contribution >= 4 is 21.8 Å². The molecule has 166 valence electrons. The summed E-state index contributed by atoms with van der Waals surface area (Å²) in [6, 6.07) is 11.9. The number of amidine groups is 1. The first-order chi connectivity index (χ1) is 14.7. The van der Waals surface area contributed by atoms with Gasteiger partial charge in [0.25, 0.3) is 10.0 Å². The Labute approximate surface area is 184 Å². The molecule has 1 amide bonds. The summed E-state index contributed by atoms with van der Waals surface area (Å²) in [4.78, 5) is 17.6. The second kappa shape index (κ2) is 9.51. The van der Waals surface area contributed by atoms with Crippen molar-refractivity contribution in [2.75, 3.05) is 13.2 Å². The molecule has 7 nitrogen and oxygen atoms in total. The highest BCUT2D eigenvalue weighted by molar-refractivity contribution is 7.90. The van der Waals surface area contributed by atoms with Gasteiger partial charge in [0.2, 0.25) is 5.91 Å². The maximum Gasteiger partial charge on any atom is 0.263 e. The maximum atomic E-state index is 12.9. The lowest BCUT2D eigenvalue weighted by Gasteiger charge is -2.19. The van der Waals surface area contributed by atoms with Gasteiger partial charge in [-0.05, 0) is 55.2 Å². The van der Waals surface area contributed by atoms with Crippen molar-refractivity contribution in [1.82, 2.24) is 10.0 Å². The molecule has 1 heterocycles. The Kier molecular flexibility index (Phi) is 7.00. The van der Waals surface area contributed by atoms with Crippen LogP contribution in [0.2, 0.25) is 0 Å².